The average molecular weight is 411 g/mol. The molecule has 0 amide bonds. The topological polar surface area (TPSA) is 64.7 Å². The van der Waals surface area contributed by atoms with E-state index in [0.29, 0.717) is 11.5 Å². The van der Waals surface area contributed by atoms with Gasteiger partial charge in [0.15, 0.2) is 5.65 Å². The Hall–Kier alpha value is -2.31. The van der Waals surface area contributed by atoms with Crippen LogP contribution in [0.15, 0.2) is 52.6 Å². The highest BCUT2D eigenvalue weighted by atomic mass is 79.9. The molecule has 0 saturated heterocycles. The molecule has 4 nitrogen and oxygen atoms in total. The normalized spacial score (nSPS) is 11.1. The number of nitrogens with two attached hydrogens (primary N) is 1. The summed E-state index contributed by atoms with van der Waals surface area (Å²) >= 11 is 5.25. The van der Waals surface area contributed by atoms with Crippen LogP contribution in [0.3, 0.4) is 0 Å². The standard InChI is InChI=1S/C19H15BrN4S/c1-2-13-15(11-5-3-6-12(20)9-11)16-18(21)22-10-23-19(16)24-17(13)14-7-4-8-25-14/h3-10H,2H2,1H3,(H2,21,22,23,24). The molecule has 0 radical (unpaired) electrons. The average Bonchev–Trinajstić information content (AvgIpc) is 3.15. The number of thiophene rings is 1. The van der Waals surface area contributed by atoms with Crippen molar-refractivity contribution < 1.29 is 0 Å². The van der Waals surface area contributed by atoms with Gasteiger partial charge in [0.2, 0.25) is 0 Å². The maximum atomic E-state index is 6.22. The molecule has 4 aromatic rings. The predicted octanol–water partition coefficient (Wildman–Crippen LogP) is 5.33. The molecule has 0 unspecified atom stereocenters. The summed E-state index contributed by atoms with van der Waals surface area (Å²) in [6.45, 7) is 2.14. The van der Waals surface area contributed by atoms with Crippen molar-refractivity contribution in [2.75, 3.05) is 5.73 Å². The first-order valence-corrected chi connectivity index (χ1v) is 9.59. The molecule has 124 valence electrons. The number of fused-ring (bicyclic) bond motifs is 1. The Morgan fingerprint density at radius 1 is 1.16 bits per heavy atom. The first-order chi connectivity index (χ1) is 12.2. The Bertz CT molecular complexity index is 1060. The van der Waals surface area contributed by atoms with Crippen molar-refractivity contribution in [3.63, 3.8) is 0 Å². The van der Waals surface area contributed by atoms with Crippen molar-refractivity contribution >= 4 is 44.1 Å². The fraction of sp³-hybridized carbons (Fsp3) is 0.105. The fourth-order valence-electron chi connectivity index (χ4n) is 3.08. The van der Waals surface area contributed by atoms with Gasteiger partial charge in [-0.05, 0) is 41.1 Å². The van der Waals surface area contributed by atoms with Gasteiger partial charge in [-0.15, -0.1) is 11.3 Å². The van der Waals surface area contributed by atoms with Gasteiger partial charge in [-0.25, -0.2) is 15.0 Å². The van der Waals surface area contributed by atoms with Gasteiger partial charge in [0.05, 0.1) is 16.0 Å². The zero-order valence-corrected chi connectivity index (χ0v) is 15.9. The van der Waals surface area contributed by atoms with Gasteiger partial charge in [0.1, 0.15) is 12.1 Å². The number of benzene rings is 1. The van der Waals surface area contributed by atoms with Crippen molar-refractivity contribution in [1.29, 1.82) is 0 Å². The van der Waals surface area contributed by atoms with E-state index in [1.807, 2.05) is 18.2 Å². The zero-order valence-electron chi connectivity index (χ0n) is 13.5. The molecule has 0 fully saturated rings. The Balaban J connectivity index is 2.17. The molecular weight excluding hydrogens is 396 g/mol. The maximum absolute atomic E-state index is 6.22. The molecule has 3 heterocycles. The first kappa shape index (κ1) is 16.2. The lowest BCUT2D eigenvalue weighted by Crippen LogP contribution is -2.03. The summed E-state index contributed by atoms with van der Waals surface area (Å²) in [6.07, 6.45) is 2.31. The van der Waals surface area contributed by atoms with Crippen LogP contribution in [0.25, 0.3) is 32.7 Å². The molecule has 25 heavy (non-hydrogen) atoms. The minimum Gasteiger partial charge on any atom is -0.383 e. The van der Waals surface area contributed by atoms with E-state index in [2.05, 4.69) is 56.4 Å². The van der Waals surface area contributed by atoms with Crippen molar-refractivity contribution in [3.05, 3.63) is 58.1 Å². The number of hydrogen-bond donors (Lipinski definition) is 1. The highest BCUT2D eigenvalue weighted by molar-refractivity contribution is 9.10. The minimum absolute atomic E-state index is 0.458. The lowest BCUT2D eigenvalue weighted by molar-refractivity contribution is 1.11. The second kappa shape index (κ2) is 6.54. The molecule has 0 aliphatic rings. The summed E-state index contributed by atoms with van der Waals surface area (Å²) in [5.74, 6) is 0.458. The zero-order chi connectivity index (χ0) is 17.4. The molecule has 4 rings (SSSR count). The van der Waals surface area contributed by atoms with Gasteiger partial charge in [-0.2, -0.15) is 0 Å². The van der Waals surface area contributed by atoms with Crippen LogP contribution in [0.1, 0.15) is 12.5 Å². The van der Waals surface area contributed by atoms with E-state index in [1.54, 1.807) is 11.3 Å². The van der Waals surface area contributed by atoms with Crippen LogP contribution in [0.2, 0.25) is 0 Å². The molecule has 3 aromatic heterocycles. The van der Waals surface area contributed by atoms with Crippen LogP contribution in [-0.4, -0.2) is 15.0 Å². The highest BCUT2D eigenvalue weighted by Gasteiger charge is 2.20. The third kappa shape index (κ3) is 2.81. The van der Waals surface area contributed by atoms with E-state index < -0.39 is 0 Å². The van der Waals surface area contributed by atoms with Gasteiger partial charge in [0, 0.05) is 10.0 Å². The summed E-state index contributed by atoms with van der Waals surface area (Å²) in [5.41, 5.74) is 11.1. The monoisotopic (exact) mass is 410 g/mol. The molecular formula is C19H15BrN4S. The van der Waals surface area contributed by atoms with E-state index in [0.717, 1.165) is 43.5 Å². The fourth-order valence-corrected chi connectivity index (χ4v) is 4.22. The second-order valence-corrected chi connectivity index (χ2v) is 7.48. The molecule has 0 saturated carbocycles. The van der Waals surface area contributed by atoms with Crippen molar-refractivity contribution in [2.24, 2.45) is 0 Å². The van der Waals surface area contributed by atoms with Crippen LogP contribution >= 0.6 is 27.3 Å². The lowest BCUT2D eigenvalue weighted by atomic mass is 9.93. The smallest absolute Gasteiger partial charge is 0.165 e. The maximum Gasteiger partial charge on any atom is 0.165 e. The van der Waals surface area contributed by atoms with E-state index >= 15 is 0 Å². The summed E-state index contributed by atoms with van der Waals surface area (Å²) in [7, 11) is 0. The van der Waals surface area contributed by atoms with Crippen LogP contribution in [0.5, 0.6) is 0 Å². The lowest BCUT2D eigenvalue weighted by Gasteiger charge is -2.16. The molecule has 0 aliphatic heterocycles. The number of nitrogen functional groups attached to an aromatic ring is 1. The summed E-state index contributed by atoms with van der Waals surface area (Å²) in [5, 5.41) is 2.88. The van der Waals surface area contributed by atoms with E-state index in [-0.39, 0.29) is 0 Å². The first-order valence-electron chi connectivity index (χ1n) is 7.92. The quantitative estimate of drug-likeness (QED) is 0.495. The molecule has 0 atom stereocenters. The SMILES string of the molecule is CCc1c(-c2cccs2)nc2ncnc(N)c2c1-c1cccc(Br)c1. The summed E-state index contributed by atoms with van der Waals surface area (Å²) in [4.78, 5) is 14.5. The molecule has 0 aliphatic carbocycles. The largest absolute Gasteiger partial charge is 0.383 e. The predicted molar refractivity (Wildman–Crippen MR) is 108 cm³/mol. The molecule has 2 N–H and O–H groups in total. The molecule has 0 spiro atoms. The third-order valence-corrected chi connectivity index (χ3v) is 5.50. The van der Waals surface area contributed by atoms with Crippen LogP contribution < -0.4 is 5.73 Å². The Morgan fingerprint density at radius 2 is 2.04 bits per heavy atom. The highest BCUT2D eigenvalue weighted by Crippen LogP contribution is 2.40. The van der Waals surface area contributed by atoms with E-state index in [9.17, 15) is 0 Å². The van der Waals surface area contributed by atoms with E-state index in [1.165, 1.54) is 6.33 Å². The Kier molecular flexibility index (Phi) is 4.23. The van der Waals surface area contributed by atoms with Gasteiger partial charge in [-0.1, -0.05) is 41.1 Å². The number of rotatable bonds is 3. The van der Waals surface area contributed by atoms with Gasteiger partial charge in [-0.3, -0.25) is 0 Å². The Labute approximate surface area is 157 Å². The number of hydrogen-bond acceptors (Lipinski definition) is 5. The summed E-state index contributed by atoms with van der Waals surface area (Å²) in [6, 6.07) is 12.3. The number of pyridine rings is 1. The summed E-state index contributed by atoms with van der Waals surface area (Å²) < 4.78 is 1.02. The Morgan fingerprint density at radius 3 is 2.76 bits per heavy atom. The minimum atomic E-state index is 0.458. The van der Waals surface area contributed by atoms with Gasteiger partial charge in [0.25, 0.3) is 0 Å². The molecule has 0 bridgehead atoms. The van der Waals surface area contributed by atoms with Crippen LogP contribution in [0.4, 0.5) is 5.82 Å². The molecule has 1 aromatic carbocycles. The van der Waals surface area contributed by atoms with Crippen molar-refractivity contribution in [3.8, 4) is 21.7 Å². The molecule has 6 heteroatoms. The van der Waals surface area contributed by atoms with Crippen molar-refractivity contribution in [1.82, 2.24) is 15.0 Å². The van der Waals surface area contributed by atoms with Crippen molar-refractivity contribution in [2.45, 2.75) is 13.3 Å². The number of anilines is 1. The van der Waals surface area contributed by atoms with Gasteiger partial charge < -0.3 is 5.73 Å². The second-order valence-electron chi connectivity index (χ2n) is 5.61. The van der Waals surface area contributed by atoms with Crippen LogP contribution in [-0.2, 0) is 6.42 Å². The van der Waals surface area contributed by atoms with E-state index in [4.69, 9.17) is 10.7 Å². The number of aromatic nitrogens is 3. The van der Waals surface area contributed by atoms with Crippen LogP contribution in [0, 0.1) is 0 Å². The third-order valence-electron chi connectivity index (χ3n) is 4.13. The number of nitrogens with zero attached hydrogens (tertiary/aromatic N) is 3. The van der Waals surface area contributed by atoms with Gasteiger partial charge >= 0.3 is 0 Å². The number of halogens is 1.